The van der Waals surface area contributed by atoms with E-state index in [2.05, 4.69) is 0 Å². The number of ether oxygens (including phenoxy) is 3. The van der Waals surface area contributed by atoms with Crippen molar-refractivity contribution in [2.24, 2.45) is 0 Å². The molecule has 0 aliphatic rings. The monoisotopic (exact) mass is 450 g/mol. The van der Waals surface area contributed by atoms with Crippen molar-refractivity contribution in [3.63, 3.8) is 0 Å². The maximum atomic E-state index is 11.6. The van der Waals surface area contributed by atoms with Crippen LogP contribution in [0.3, 0.4) is 0 Å². The molecule has 0 heterocycles. The molecule has 0 atom stereocenters. The number of carboxylic acid groups (broad SMARTS) is 1. The largest absolute Gasteiger partial charge is 0.507 e. The Morgan fingerprint density at radius 2 is 1.55 bits per heavy atom. The average Bonchev–Trinajstić information content (AvgIpc) is 2.79. The number of phenols is 1. The fourth-order valence-corrected chi connectivity index (χ4v) is 3.19. The topological polar surface area (TPSA) is 102 Å². The second-order valence-corrected chi connectivity index (χ2v) is 7.35. The van der Waals surface area contributed by atoms with Crippen molar-refractivity contribution in [2.75, 3.05) is 13.2 Å². The van der Waals surface area contributed by atoms with E-state index in [9.17, 15) is 14.7 Å². The molecular weight excluding hydrogens is 424 g/mol. The normalized spacial score (nSPS) is 10.5. The average molecular weight is 450 g/mol. The molecule has 172 valence electrons. The number of ketones is 1. The molecule has 3 rings (SSSR count). The number of Topliss-reactive ketones (excluding diaryl/α,β-unsaturated/α-hetero) is 1. The van der Waals surface area contributed by atoms with Crippen molar-refractivity contribution in [3.8, 4) is 28.7 Å². The smallest absolute Gasteiger partial charge is 0.335 e. The Bertz CT molecular complexity index is 1140. The molecule has 0 radical (unpaired) electrons. The van der Waals surface area contributed by atoms with Crippen LogP contribution in [-0.2, 0) is 6.42 Å². The Balaban J connectivity index is 1.52. The number of hydrogen-bond acceptors (Lipinski definition) is 6. The lowest BCUT2D eigenvalue weighted by molar-refractivity contribution is 0.0696. The lowest BCUT2D eigenvalue weighted by Gasteiger charge is -2.13. The molecule has 3 aromatic rings. The SMILES string of the molecule is CCc1cc(C(C)=O)c(O)cc1OCCCOc1cccc(Oc2cccc(C(=O)O)c2)c1. The second kappa shape index (κ2) is 11.0. The Kier molecular flexibility index (Phi) is 7.91. The van der Waals surface area contributed by atoms with Gasteiger partial charge in [0, 0.05) is 18.6 Å². The van der Waals surface area contributed by atoms with E-state index in [-0.39, 0.29) is 17.1 Å². The van der Waals surface area contributed by atoms with E-state index in [4.69, 9.17) is 19.3 Å². The molecule has 0 amide bonds. The van der Waals surface area contributed by atoms with Crippen LogP contribution in [-0.4, -0.2) is 35.2 Å². The molecule has 0 aromatic heterocycles. The molecule has 3 aromatic carbocycles. The number of hydrogen-bond donors (Lipinski definition) is 2. The highest BCUT2D eigenvalue weighted by atomic mass is 16.5. The molecule has 7 nitrogen and oxygen atoms in total. The van der Waals surface area contributed by atoms with E-state index in [1.54, 1.807) is 42.5 Å². The summed E-state index contributed by atoms with van der Waals surface area (Å²) in [5, 5.41) is 19.1. The van der Waals surface area contributed by atoms with Crippen LogP contribution in [0.25, 0.3) is 0 Å². The number of carbonyl (C=O) groups is 2. The van der Waals surface area contributed by atoms with Gasteiger partial charge in [-0.05, 0) is 55.3 Å². The number of rotatable bonds is 11. The Morgan fingerprint density at radius 1 is 0.879 bits per heavy atom. The second-order valence-electron chi connectivity index (χ2n) is 7.35. The minimum atomic E-state index is -1.02. The fourth-order valence-electron chi connectivity index (χ4n) is 3.19. The van der Waals surface area contributed by atoms with Crippen LogP contribution in [0.1, 0.15) is 46.5 Å². The van der Waals surface area contributed by atoms with Crippen LogP contribution < -0.4 is 14.2 Å². The van der Waals surface area contributed by atoms with Gasteiger partial charge >= 0.3 is 5.97 Å². The van der Waals surface area contributed by atoms with Gasteiger partial charge < -0.3 is 24.4 Å². The molecular formula is C26H26O7. The lowest BCUT2D eigenvalue weighted by atomic mass is 10.0. The molecule has 0 unspecified atom stereocenters. The van der Waals surface area contributed by atoms with E-state index >= 15 is 0 Å². The van der Waals surface area contributed by atoms with E-state index < -0.39 is 5.97 Å². The number of carboxylic acids is 1. The van der Waals surface area contributed by atoms with Crippen LogP contribution in [0.2, 0.25) is 0 Å². The van der Waals surface area contributed by atoms with Crippen molar-refractivity contribution in [1.29, 1.82) is 0 Å². The minimum Gasteiger partial charge on any atom is -0.507 e. The standard InChI is InChI=1S/C26H26O7/c1-3-18-14-23(17(2)27)24(28)16-25(18)32-12-6-11-31-20-8-5-10-22(15-20)33-21-9-4-7-19(13-21)26(29)30/h4-5,7-10,13-16,28H,3,6,11-12H2,1-2H3,(H,29,30). The predicted octanol–water partition coefficient (Wildman–Crippen LogP) is 5.50. The molecule has 0 spiro atoms. The minimum absolute atomic E-state index is 0.0864. The molecule has 0 bridgehead atoms. The number of aryl methyl sites for hydroxylation is 1. The lowest BCUT2D eigenvalue weighted by Crippen LogP contribution is -2.07. The van der Waals surface area contributed by atoms with Gasteiger partial charge in [0.1, 0.15) is 28.7 Å². The summed E-state index contributed by atoms with van der Waals surface area (Å²) in [6.07, 6.45) is 1.28. The molecule has 0 saturated carbocycles. The summed E-state index contributed by atoms with van der Waals surface area (Å²) in [6, 6.07) is 16.5. The summed E-state index contributed by atoms with van der Waals surface area (Å²) in [5.74, 6) is 0.820. The number of carbonyl (C=O) groups excluding carboxylic acids is 1. The van der Waals surface area contributed by atoms with Gasteiger partial charge in [0.05, 0.1) is 24.3 Å². The van der Waals surface area contributed by atoms with Gasteiger partial charge in [-0.25, -0.2) is 4.79 Å². The maximum absolute atomic E-state index is 11.6. The van der Waals surface area contributed by atoms with Crippen molar-refractivity contribution >= 4 is 11.8 Å². The first-order valence-corrected chi connectivity index (χ1v) is 10.6. The fraction of sp³-hybridized carbons (Fsp3) is 0.231. The van der Waals surface area contributed by atoms with E-state index in [1.807, 2.05) is 6.92 Å². The first-order valence-electron chi connectivity index (χ1n) is 10.6. The van der Waals surface area contributed by atoms with Crippen LogP contribution in [0.5, 0.6) is 28.7 Å². The van der Waals surface area contributed by atoms with Crippen molar-refractivity contribution < 1.29 is 34.0 Å². The molecule has 33 heavy (non-hydrogen) atoms. The van der Waals surface area contributed by atoms with Crippen molar-refractivity contribution in [2.45, 2.75) is 26.7 Å². The maximum Gasteiger partial charge on any atom is 0.335 e. The van der Waals surface area contributed by atoms with E-state index in [1.165, 1.54) is 25.1 Å². The Morgan fingerprint density at radius 3 is 2.24 bits per heavy atom. The Hall–Kier alpha value is -4.00. The zero-order valence-corrected chi connectivity index (χ0v) is 18.5. The molecule has 0 saturated heterocycles. The summed E-state index contributed by atoms with van der Waals surface area (Å²) in [7, 11) is 0. The summed E-state index contributed by atoms with van der Waals surface area (Å²) < 4.78 is 17.3. The molecule has 0 fully saturated rings. The third kappa shape index (κ3) is 6.49. The van der Waals surface area contributed by atoms with E-state index in [0.717, 1.165) is 5.56 Å². The van der Waals surface area contributed by atoms with Crippen molar-refractivity contribution in [3.05, 3.63) is 77.4 Å². The highest BCUT2D eigenvalue weighted by Crippen LogP contribution is 2.30. The number of aromatic hydroxyl groups is 1. The van der Waals surface area contributed by atoms with Crippen LogP contribution in [0.4, 0.5) is 0 Å². The van der Waals surface area contributed by atoms with Gasteiger partial charge in [-0.2, -0.15) is 0 Å². The molecule has 0 aliphatic heterocycles. The first-order chi connectivity index (χ1) is 15.9. The summed E-state index contributed by atoms with van der Waals surface area (Å²) in [4.78, 5) is 22.7. The third-order valence-electron chi connectivity index (χ3n) is 4.88. The quantitative estimate of drug-likeness (QED) is 0.294. The molecule has 7 heteroatoms. The third-order valence-corrected chi connectivity index (χ3v) is 4.88. The Labute approximate surface area is 192 Å². The predicted molar refractivity (Wildman–Crippen MR) is 123 cm³/mol. The first kappa shape index (κ1) is 23.7. The highest BCUT2D eigenvalue weighted by Gasteiger charge is 2.12. The number of phenolic OH excluding ortho intramolecular Hbond substituents is 1. The summed E-state index contributed by atoms with van der Waals surface area (Å²) >= 11 is 0. The van der Waals surface area contributed by atoms with Gasteiger partial charge in [-0.1, -0.05) is 19.1 Å². The van der Waals surface area contributed by atoms with Crippen LogP contribution in [0.15, 0.2) is 60.7 Å². The van der Waals surface area contributed by atoms with Gasteiger partial charge in [-0.3, -0.25) is 4.79 Å². The van der Waals surface area contributed by atoms with Gasteiger partial charge in [0.25, 0.3) is 0 Å². The van der Waals surface area contributed by atoms with Crippen LogP contribution in [0, 0.1) is 0 Å². The highest BCUT2D eigenvalue weighted by molar-refractivity contribution is 5.97. The zero-order valence-electron chi connectivity index (χ0n) is 18.5. The van der Waals surface area contributed by atoms with E-state index in [0.29, 0.717) is 54.6 Å². The van der Waals surface area contributed by atoms with Gasteiger partial charge in [-0.15, -0.1) is 0 Å². The number of aromatic carboxylic acids is 1. The zero-order chi connectivity index (χ0) is 23.8. The molecule has 2 N–H and O–H groups in total. The molecule has 0 aliphatic carbocycles. The van der Waals surface area contributed by atoms with Gasteiger partial charge in [0.2, 0.25) is 0 Å². The van der Waals surface area contributed by atoms with Crippen molar-refractivity contribution in [1.82, 2.24) is 0 Å². The van der Waals surface area contributed by atoms with Crippen LogP contribution >= 0.6 is 0 Å². The summed E-state index contributed by atoms with van der Waals surface area (Å²) in [5.41, 5.74) is 1.30. The summed E-state index contributed by atoms with van der Waals surface area (Å²) in [6.45, 7) is 4.15. The van der Waals surface area contributed by atoms with Gasteiger partial charge in [0.15, 0.2) is 5.78 Å². The number of benzene rings is 3.